The van der Waals surface area contributed by atoms with E-state index >= 15 is 0 Å². The van der Waals surface area contributed by atoms with Gasteiger partial charge in [-0.15, -0.1) is 0 Å². The number of hydrogen-bond donors (Lipinski definition) is 2. The summed E-state index contributed by atoms with van der Waals surface area (Å²) < 4.78 is 25.5. The molecule has 1 heterocycles. The summed E-state index contributed by atoms with van der Waals surface area (Å²) in [6.07, 6.45) is 0.503. The summed E-state index contributed by atoms with van der Waals surface area (Å²) in [5.41, 5.74) is 0. The van der Waals surface area contributed by atoms with Crippen LogP contribution in [0.15, 0.2) is 0 Å². The van der Waals surface area contributed by atoms with E-state index in [2.05, 4.69) is 10.6 Å². The largest absolute Gasteiger partial charge is 0.312 e. The smallest absolute Gasteiger partial charge is 0.275 e. The zero-order valence-corrected chi connectivity index (χ0v) is 5.95. The van der Waals surface area contributed by atoms with Gasteiger partial charge in [0.15, 0.2) is 0 Å². The molecule has 2 N–H and O–H groups in total. The summed E-state index contributed by atoms with van der Waals surface area (Å²) >= 11 is 0. The lowest BCUT2D eigenvalue weighted by Crippen LogP contribution is -2.54. The first-order chi connectivity index (χ1) is 4.67. The lowest BCUT2D eigenvalue weighted by molar-refractivity contribution is -0.0488. The van der Waals surface area contributed by atoms with Gasteiger partial charge in [-0.3, -0.25) is 0 Å². The van der Waals surface area contributed by atoms with Crippen LogP contribution in [0.2, 0.25) is 0 Å². The highest BCUT2D eigenvalue weighted by molar-refractivity contribution is 4.88. The minimum atomic E-state index is -2.58. The van der Waals surface area contributed by atoms with Crippen molar-refractivity contribution in [1.82, 2.24) is 10.6 Å². The van der Waals surface area contributed by atoms with Gasteiger partial charge in [-0.05, 0) is 20.0 Å². The molecule has 1 saturated heterocycles. The van der Waals surface area contributed by atoms with Crippen molar-refractivity contribution in [2.45, 2.75) is 18.4 Å². The van der Waals surface area contributed by atoms with Gasteiger partial charge in [0.05, 0.1) is 12.6 Å². The topological polar surface area (TPSA) is 24.1 Å². The van der Waals surface area contributed by atoms with Crippen LogP contribution in [0, 0.1) is 0 Å². The fourth-order valence-corrected chi connectivity index (χ4v) is 1.19. The minimum absolute atomic E-state index is 0.196. The van der Waals surface area contributed by atoms with Gasteiger partial charge >= 0.3 is 0 Å². The fourth-order valence-electron chi connectivity index (χ4n) is 1.19. The number of halogens is 2. The summed E-state index contributed by atoms with van der Waals surface area (Å²) in [4.78, 5) is 0. The molecule has 0 aromatic rings. The highest BCUT2D eigenvalue weighted by Crippen LogP contribution is 2.22. The van der Waals surface area contributed by atoms with E-state index in [1.807, 2.05) is 0 Å². The van der Waals surface area contributed by atoms with Crippen LogP contribution in [0.3, 0.4) is 0 Å². The molecule has 0 spiro atoms. The van der Waals surface area contributed by atoms with E-state index in [0.717, 1.165) is 0 Å². The van der Waals surface area contributed by atoms with Gasteiger partial charge in [-0.1, -0.05) is 0 Å². The Bertz CT molecular complexity index is 116. The standard InChI is InChI=1S/C6H12F2N2/c1-9-5-2-3-10-4-6(5,7)8/h5,9-10H,2-4H2,1H3. The zero-order chi connectivity index (χ0) is 7.61. The van der Waals surface area contributed by atoms with Gasteiger partial charge in [-0.25, -0.2) is 8.78 Å². The van der Waals surface area contributed by atoms with Crippen molar-refractivity contribution in [3.8, 4) is 0 Å². The van der Waals surface area contributed by atoms with Crippen molar-refractivity contribution < 1.29 is 8.78 Å². The van der Waals surface area contributed by atoms with E-state index in [1.54, 1.807) is 7.05 Å². The fraction of sp³-hybridized carbons (Fsp3) is 1.00. The quantitative estimate of drug-likeness (QED) is 0.558. The Morgan fingerprint density at radius 2 is 2.30 bits per heavy atom. The highest BCUT2D eigenvalue weighted by atomic mass is 19.3. The van der Waals surface area contributed by atoms with Crippen LogP contribution >= 0.6 is 0 Å². The van der Waals surface area contributed by atoms with E-state index in [-0.39, 0.29) is 6.54 Å². The van der Waals surface area contributed by atoms with Crippen molar-refractivity contribution >= 4 is 0 Å². The SMILES string of the molecule is CNC1CCNCC1(F)F. The Hall–Kier alpha value is -0.220. The lowest BCUT2D eigenvalue weighted by atomic mass is 10.0. The molecule has 0 bridgehead atoms. The molecule has 60 valence electrons. The highest BCUT2D eigenvalue weighted by Gasteiger charge is 2.40. The van der Waals surface area contributed by atoms with Crippen LogP contribution < -0.4 is 10.6 Å². The summed E-state index contributed by atoms with van der Waals surface area (Å²) in [6.45, 7) is 0.486. The van der Waals surface area contributed by atoms with Crippen LogP contribution in [-0.4, -0.2) is 32.1 Å². The van der Waals surface area contributed by atoms with Gasteiger partial charge in [-0.2, -0.15) is 0 Å². The van der Waals surface area contributed by atoms with Crippen molar-refractivity contribution in [2.75, 3.05) is 20.1 Å². The lowest BCUT2D eigenvalue weighted by Gasteiger charge is -2.31. The normalized spacial score (nSPS) is 32.1. The zero-order valence-electron chi connectivity index (χ0n) is 5.95. The number of hydrogen-bond acceptors (Lipinski definition) is 2. The summed E-state index contributed by atoms with van der Waals surface area (Å²) in [5, 5.41) is 5.25. The molecule has 1 unspecified atom stereocenters. The summed E-state index contributed by atoms with van der Waals surface area (Å²) in [6, 6.07) is -0.645. The van der Waals surface area contributed by atoms with Crippen LogP contribution in [0.4, 0.5) is 8.78 Å². The molecule has 0 aliphatic carbocycles. The average Bonchev–Trinajstić information content (AvgIpc) is 1.87. The summed E-state index contributed by atoms with van der Waals surface area (Å²) in [7, 11) is 1.57. The number of alkyl halides is 2. The molecule has 1 fully saturated rings. The third kappa shape index (κ3) is 1.44. The molecule has 0 amide bonds. The maximum Gasteiger partial charge on any atom is 0.275 e. The predicted molar refractivity (Wildman–Crippen MR) is 35.3 cm³/mol. The first-order valence-corrected chi connectivity index (χ1v) is 3.42. The third-order valence-electron chi connectivity index (χ3n) is 1.83. The molecule has 1 aliphatic rings. The first kappa shape index (κ1) is 7.88. The Balaban J connectivity index is 2.51. The number of nitrogens with one attached hydrogen (secondary N) is 2. The minimum Gasteiger partial charge on any atom is -0.312 e. The molecule has 1 rings (SSSR count). The maximum atomic E-state index is 12.7. The second-order valence-corrected chi connectivity index (χ2v) is 2.57. The van der Waals surface area contributed by atoms with Crippen molar-refractivity contribution in [2.24, 2.45) is 0 Å². The van der Waals surface area contributed by atoms with Crippen LogP contribution in [0.25, 0.3) is 0 Å². The molecule has 0 radical (unpaired) electrons. The Morgan fingerprint density at radius 3 is 2.70 bits per heavy atom. The summed E-state index contributed by atoms with van der Waals surface area (Å²) in [5.74, 6) is -2.58. The molecule has 0 aromatic carbocycles. The molecule has 2 nitrogen and oxygen atoms in total. The number of piperidine rings is 1. The molecule has 0 aromatic heterocycles. The molecule has 1 atom stereocenters. The molecular weight excluding hydrogens is 138 g/mol. The molecule has 1 aliphatic heterocycles. The first-order valence-electron chi connectivity index (χ1n) is 3.42. The monoisotopic (exact) mass is 150 g/mol. The van der Waals surface area contributed by atoms with Crippen LogP contribution in [0.1, 0.15) is 6.42 Å². The van der Waals surface area contributed by atoms with Gasteiger partial charge in [0.2, 0.25) is 0 Å². The third-order valence-corrected chi connectivity index (χ3v) is 1.83. The number of rotatable bonds is 1. The Morgan fingerprint density at radius 1 is 1.60 bits per heavy atom. The maximum absolute atomic E-state index is 12.7. The second kappa shape index (κ2) is 2.80. The van der Waals surface area contributed by atoms with Gasteiger partial charge in [0, 0.05) is 0 Å². The van der Waals surface area contributed by atoms with Crippen LogP contribution in [-0.2, 0) is 0 Å². The predicted octanol–water partition coefficient (Wildman–Crippen LogP) is 0.203. The second-order valence-electron chi connectivity index (χ2n) is 2.57. The van der Waals surface area contributed by atoms with Gasteiger partial charge in [0.25, 0.3) is 5.92 Å². The van der Waals surface area contributed by atoms with E-state index < -0.39 is 12.0 Å². The Labute approximate surface area is 59.0 Å². The van der Waals surface area contributed by atoms with Crippen LogP contribution in [0.5, 0.6) is 0 Å². The van der Waals surface area contributed by atoms with Gasteiger partial charge in [0.1, 0.15) is 0 Å². The van der Waals surface area contributed by atoms with E-state index in [1.165, 1.54) is 0 Å². The van der Waals surface area contributed by atoms with E-state index in [0.29, 0.717) is 13.0 Å². The van der Waals surface area contributed by atoms with Crippen molar-refractivity contribution in [3.63, 3.8) is 0 Å². The average molecular weight is 150 g/mol. The van der Waals surface area contributed by atoms with Gasteiger partial charge < -0.3 is 10.6 Å². The Kier molecular flexibility index (Phi) is 2.21. The molecule has 0 saturated carbocycles. The van der Waals surface area contributed by atoms with E-state index in [4.69, 9.17) is 0 Å². The van der Waals surface area contributed by atoms with Crippen molar-refractivity contribution in [3.05, 3.63) is 0 Å². The molecular formula is C6H12F2N2. The molecule has 4 heteroatoms. The van der Waals surface area contributed by atoms with E-state index in [9.17, 15) is 8.78 Å². The van der Waals surface area contributed by atoms with Crippen molar-refractivity contribution in [1.29, 1.82) is 0 Å². The molecule has 10 heavy (non-hydrogen) atoms.